The van der Waals surface area contributed by atoms with E-state index in [-0.39, 0.29) is 0 Å². The Hall–Kier alpha value is -2.10. The molecule has 0 fully saturated rings. The zero-order valence-electron chi connectivity index (χ0n) is 13.9. The number of nitrogens with zero attached hydrogens (tertiary/aromatic N) is 2. The molecule has 0 saturated carbocycles. The van der Waals surface area contributed by atoms with Crippen LogP contribution in [-0.4, -0.2) is 23.1 Å². The highest BCUT2D eigenvalue weighted by molar-refractivity contribution is 5.61. The maximum Gasteiger partial charge on any atom is 0.163 e. The van der Waals surface area contributed by atoms with Gasteiger partial charge in [-0.15, -0.1) is 0 Å². The van der Waals surface area contributed by atoms with Crippen molar-refractivity contribution in [2.75, 3.05) is 23.7 Å². The fourth-order valence-corrected chi connectivity index (χ4v) is 1.96. The van der Waals surface area contributed by atoms with Gasteiger partial charge in [0.25, 0.3) is 0 Å². The SMILES string of the molecule is CC(C)CNc1cc(NCC(C)C)nc(-c2ccccc2)n1. The Balaban J connectivity index is 2.27. The summed E-state index contributed by atoms with van der Waals surface area (Å²) in [4.78, 5) is 9.28. The highest BCUT2D eigenvalue weighted by Crippen LogP contribution is 2.20. The molecule has 2 rings (SSSR count). The summed E-state index contributed by atoms with van der Waals surface area (Å²) in [7, 11) is 0. The fourth-order valence-electron chi connectivity index (χ4n) is 1.96. The van der Waals surface area contributed by atoms with Crippen molar-refractivity contribution >= 4 is 11.6 Å². The van der Waals surface area contributed by atoms with Crippen LogP contribution in [0.1, 0.15) is 27.7 Å². The van der Waals surface area contributed by atoms with E-state index in [2.05, 4.69) is 48.3 Å². The van der Waals surface area contributed by atoms with Gasteiger partial charge in [0, 0.05) is 24.7 Å². The molecular formula is C18H26N4. The van der Waals surface area contributed by atoms with Crippen molar-refractivity contribution in [3.05, 3.63) is 36.4 Å². The molecule has 0 spiro atoms. The first-order chi connectivity index (χ1) is 10.5. The summed E-state index contributed by atoms with van der Waals surface area (Å²) < 4.78 is 0. The van der Waals surface area contributed by atoms with Gasteiger partial charge in [-0.05, 0) is 11.8 Å². The van der Waals surface area contributed by atoms with E-state index in [0.29, 0.717) is 11.8 Å². The molecule has 0 aliphatic heterocycles. The summed E-state index contributed by atoms with van der Waals surface area (Å²) >= 11 is 0. The smallest absolute Gasteiger partial charge is 0.163 e. The normalized spacial score (nSPS) is 11.0. The summed E-state index contributed by atoms with van der Waals surface area (Å²) in [5.74, 6) is 3.63. The lowest BCUT2D eigenvalue weighted by Crippen LogP contribution is -2.13. The molecule has 4 heteroatoms. The average molecular weight is 298 g/mol. The van der Waals surface area contributed by atoms with Gasteiger partial charge in [0.1, 0.15) is 11.6 Å². The number of anilines is 2. The third kappa shape index (κ3) is 5.02. The monoisotopic (exact) mass is 298 g/mol. The van der Waals surface area contributed by atoms with Crippen molar-refractivity contribution in [3.63, 3.8) is 0 Å². The molecule has 0 aliphatic carbocycles. The molecule has 0 amide bonds. The number of nitrogens with one attached hydrogen (secondary N) is 2. The summed E-state index contributed by atoms with van der Waals surface area (Å²) in [6.07, 6.45) is 0. The number of hydrogen-bond donors (Lipinski definition) is 2. The molecule has 0 aliphatic rings. The van der Waals surface area contributed by atoms with E-state index in [1.54, 1.807) is 0 Å². The molecular weight excluding hydrogens is 272 g/mol. The van der Waals surface area contributed by atoms with Gasteiger partial charge in [0.15, 0.2) is 5.82 Å². The minimum absolute atomic E-state index is 0.571. The molecule has 1 heterocycles. The Morgan fingerprint density at radius 1 is 0.818 bits per heavy atom. The van der Waals surface area contributed by atoms with Gasteiger partial charge in [-0.25, -0.2) is 9.97 Å². The van der Waals surface area contributed by atoms with Crippen molar-refractivity contribution in [2.24, 2.45) is 11.8 Å². The van der Waals surface area contributed by atoms with Gasteiger partial charge in [0.05, 0.1) is 0 Å². The Bertz CT molecular complexity index is 549. The van der Waals surface area contributed by atoms with Gasteiger partial charge in [0.2, 0.25) is 0 Å². The van der Waals surface area contributed by atoms with Crippen molar-refractivity contribution < 1.29 is 0 Å². The molecule has 0 saturated heterocycles. The van der Waals surface area contributed by atoms with E-state index >= 15 is 0 Å². The predicted molar refractivity (Wildman–Crippen MR) is 94.1 cm³/mol. The maximum atomic E-state index is 4.64. The summed E-state index contributed by atoms with van der Waals surface area (Å²) in [6, 6.07) is 12.1. The molecule has 2 aromatic rings. The minimum Gasteiger partial charge on any atom is -0.370 e. The molecule has 22 heavy (non-hydrogen) atoms. The van der Waals surface area contributed by atoms with Crippen molar-refractivity contribution in [1.29, 1.82) is 0 Å². The van der Waals surface area contributed by atoms with Crippen LogP contribution < -0.4 is 10.6 Å². The van der Waals surface area contributed by atoms with Crippen LogP contribution in [0.3, 0.4) is 0 Å². The first-order valence-corrected chi connectivity index (χ1v) is 7.97. The Kier molecular flexibility index (Phi) is 5.75. The largest absolute Gasteiger partial charge is 0.370 e. The second-order valence-corrected chi connectivity index (χ2v) is 6.38. The summed E-state index contributed by atoms with van der Waals surface area (Å²) in [6.45, 7) is 10.5. The Morgan fingerprint density at radius 2 is 1.32 bits per heavy atom. The van der Waals surface area contributed by atoms with Crippen LogP contribution in [0.25, 0.3) is 11.4 Å². The van der Waals surface area contributed by atoms with Crippen LogP contribution in [0.4, 0.5) is 11.6 Å². The molecule has 2 N–H and O–H groups in total. The van der Waals surface area contributed by atoms with Gasteiger partial charge >= 0.3 is 0 Å². The first-order valence-electron chi connectivity index (χ1n) is 7.97. The Labute approximate surface area is 133 Å². The zero-order valence-corrected chi connectivity index (χ0v) is 13.9. The first kappa shape index (κ1) is 16.3. The van der Waals surface area contributed by atoms with E-state index in [4.69, 9.17) is 0 Å². The number of rotatable bonds is 7. The standard InChI is InChI=1S/C18H26N4/c1-13(2)11-19-16-10-17(20-12-14(3)4)22-18(21-16)15-8-6-5-7-9-15/h5-10,13-14H,11-12H2,1-4H3,(H2,19,20,21,22). The molecule has 1 aromatic carbocycles. The second kappa shape index (κ2) is 7.78. The molecule has 4 nitrogen and oxygen atoms in total. The predicted octanol–water partition coefficient (Wildman–Crippen LogP) is 4.28. The van der Waals surface area contributed by atoms with E-state index < -0.39 is 0 Å². The van der Waals surface area contributed by atoms with E-state index in [9.17, 15) is 0 Å². The van der Waals surface area contributed by atoms with Gasteiger partial charge < -0.3 is 10.6 Å². The lowest BCUT2D eigenvalue weighted by atomic mass is 10.2. The molecule has 0 radical (unpaired) electrons. The van der Waals surface area contributed by atoms with Crippen LogP contribution in [-0.2, 0) is 0 Å². The third-order valence-electron chi connectivity index (χ3n) is 3.14. The molecule has 1 aromatic heterocycles. The van der Waals surface area contributed by atoms with Crippen LogP contribution in [0.5, 0.6) is 0 Å². The van der Waals surface area contributed by atoms with Crippen molar-refractivity contribution in [2.45, 2.75) is 27.7 Å². The van der Waals surface area contributed by atoms with Crippen molar-refractivity contribution in [3.8, 4) is 11.4 Å². The Morgan fingerprint density at radius 3 is 1.77 bits per heavy atom. The highest BCUT2D eigenvalue weighted by Gasteiger charge is 2.07. The van der Waals surface area contributed by atoms with E-state index in [1.165, 1.54) is 0 Å². The average Bonchev–Trinajstić information content (AvgIpc) is 2.51. The summed E-state index contributed by atoms with van der Waals surface area (Å²) in [5, 5.41) is 6.78. The van der Waals surface area contributed by atoms with E-state index in [1.807, 2.05) is 36.4 Å². The quantitative estimate of drug-likeness (QED) is 0.801. The lowest BCUT2D eigenvalue weighted by molar-refractivity contribution is 0.684. The molecule has 0 atom stereocenters. The third-order valence-corrected chi connectivity index (χ3v) is 3.14. The minimum atomic E-state index is 0.571. The van der Waals surface area contributed by atoms with Crippen LogP contribution in [0.15, 0.2) is 36.4 Å². The van der Waals surface area contributed by atoms with Crippen molar-refractivity contribution in [1.82, 2.24) is 9.97 Å². The highest BCUT2D eigenvalue weighted by atomic mass is 15.1. The van der Waals surface area contributed by atoms with Crippen LogP contribution in [0, 0.1) is 11.8 Å². The molecule has 0 bridgehead atoms. The molecule has 118 valence electrons. The van der Waals surface area contributed by atoms with E-state index in [0.717, 1.165) is 36.1 Å². The zero-order chi connectivity index (χ0) is 15.9. The van der Waals surface area contributed by atoms with Gasteiger partial charge in [-0.1, -0.05) is 58.0 Å². The van der Waals surface area contributed by atoms with Gasteiger partial charge in [-0.3, -0.25) is 0 Å². The topological polar surface area (TPSA) is 49.8 Å². The molecule has 0 unspecified atom stereocenters. The number of benzene rings is 1. The number of hydrogen-bond acceptors (Lipinski definition) is 4. The maximum absolute atomic E-state index is 4.64. The fraction of sp³-hybridized carbons (Fsp3) is 0.444. The second-order valence-electron chi connectivity index (χ2n) is 6.38. The summed E-state index contributed by atoms with van der Waals surface area (Å²) in [5.41, 5.74) is 1.03. The lowest BCUT2D eigenvalue weighted by Gasteiger charge is -2.13. The van der Waals surface area contributed by atoms with Crippen LogP contribution in [0.2, 0.25) is 0 Å². The number of aromatic nitrogens is 2. The van der Waals surface area contributed by atoms with Crippen LogP contribution >= 0.6 is 0 Å². The van der Waals surface area contributed by atoms with Gasteiger partial charge in [-0.2, -0.15) is 0 Å².